The van der Waals surface area contributed by atoms with Crippen molar-refractivity contribution in [1.29, 1.82) is 0 Å². The lowest BCUT2D eigenvalue weighted by atomic mass is 9.75. The first-order chi connectivity index (χ1) is 9.69. The average Bonchev–Trinajstić information content (AvgIpc) is 2.60. The van der Waals surface area contributed by atoms with Gasteiger partial charge in [-0.2, -0.15) is 0 Å². The molecule has 1 aliphatic heterocycles. The smallest absolute Gasteiger partial charge is 0.399 e. The summed E-state index contributed by atoms with van der Waals surface area (Å²) in [4.78, 5) is 4.31. The zero-order valence-electron chi connectivity index (χ0n) is 14.1. The van der Waals surface area contributed by atoms with Crippen molar-refractivity contribution < 1.29 is 9.31 Å². The topological polar surface area (TPSA) is 57.4 Å². The summed E-state index contributed by atoms with van der Waals surface area (Å²) in [5.41, 5.74) is 8.60. The fraction of sp³-hybridized carbons (Fsp3) is 0.688. The van der Waals surface area contributed by atoms with E-state index < -0.39 is 0 Å². The van der Waals surface area contributed by atoms with E-state index in [0.717, 1.165) is 30.3 Å². The lowest BCUT2D eigenvalue weighted by Crippen LogP contribution is -2.41. The standard InChI is InChI=1S/C16H27BN2O2/c1-7-8-9-12-11(2)14(18)19-10-13(12)17-20-15(3,4)16(5,6)21-17/h10H,7-9H2,1-6H3,(H2,18,19). The number of rotatable bonds is 4. The zero-order valence-corrected chi connectivity index (χ0v) is 14.1. The first kappa shape index (κ1) is 16.3. The summed E-state index contributed by atoms with van der Waals surface area (Å²) in [5, 5.41) is 0. The van der Waals surface area contributed by atoms with E-state index in [9.17, 15) is 0 Å². The van der Waals surface area contributed by atoms with Gasteiger partial charge in [-0.15, -0.1) is 0 Å². The molecule has 0 aromatic carbocycles. The molecular weight excluding hydrogens is 263 g/mol. The molecule has 1 aromatic heterocycles. The normalized spacial score (nSPS) is 20.0. The predicted octanol–water partition coefficient (Wildman–Crippen LogP) is 2.61. The van der Waals surface area contributed by atoms with E-state index in [1.54, 1.807) is 0 Å². The second-order valence-electron chi connectivity index (χ2n) is 6.89. The van der Waals surface area contributed by atoms with Gasteiger partial charge in [0, 0.05) is 11.7 Å². The van der Waals surface area contributed by atoms with Gasteiger partial charge in [-0.05, 0) is 58.6 Å². The Morgan fingerprint density at radius 2 is 1.76 bits per heavy atom. The Kier molecular flexibility index (Phi) is 4.36. The highest BCUT2D eigenvalue weighted by molar-refractivity contribution is 6.62. The maximum absolute atomic E-state index is 6.16. The van der Waals surface area contributed by atoms with Crippen molar-refractivity contribution in [2.75, 3.05) is 5.73 Å². The van der Waals surface area contributed by atoms with Crippen molar-refractivity contribution in [1.82, 2.24) is 4.98 Å². The maximum Gasteiger partial charge on any atom is 0.496 e. The molecule has 1 aromatic rings. The van der Waals surface area contributed by atoms with Gasteiger partial charge in [0.15, 0.2) is 0 Å². The van der Waals surface area contributed by atoms with Crippen LogP contribution >= 0.6 is 0 Å². The molecule has 116 valence electrons. The summed E-state index contributed by atoms with van der Waals surface area (Å²) >= 11 is 0. The van der Waals surface area contributed by atoms with Crippen LogP contribution in [0.2, 0.25) is 0 Å². The molecule has 0 spiro atoms. The van der Waals surface area contributed by atoms with Gasteiger partial charge in [0.05, 0.1) is 11.2 Å². The van der Waals surface area contributed by atoms with Crippen molar-refractivity contribution in [3.63, 3.8) is 0 Å². The zero-order chi connectivity index (χ0) is 15.8. The van der Waals surface area contributed by atoms with E-state index in [0.29, 0.717) is 5.82 Å². The molecule has 0 bridgehead atoms. The minimum absolute atomic E-state index is 0.338. The van der Waals surface area contributed by atoms with Gasteiger partial charge in [-0.25, -0.2) is 4.98 Å². The number of anilines is 1. The molecule has 0 atom stereocenters. The van der Waals surface area contributed by atoms with E-state index in [4.69, 9.17) is 15.0 Å². The molecule has 2 N–H and O–H groups in total. The Labute approximate surface area is 128 Å². The summed E-state index contributed by atoms with van der Waals surface area (Å²) in [7, 11) is -0.367. The van der Waals surface area contributed by atoms with Gasteiger partial charge in [-0.1, -0.05) is 13.3 Å². The lowest BCUT2D eigenvalue weighted by molar-refractivity contribution is 0.00578. The van der Waals surface area contributed by atoms with E-state index in [-0.39, 0.29) is 18.3 Å². The van der Waals surface area contributed by atoms with E-state index in [1.807, 2.05) is 13.1 Å². The molecule has 0 unspecified atom stereocenters. The third-order valence-electron chi connectivity index (χ3n) is 4.82. The number of nitrogen functional groups attached to an aromatic ring is 1. The number of unbranched alkanes of at least 4 members (excludes halogenated alkanes) is 1. The molecule has 5 heteroatoms. The molecule has 0 saturated carbocycles. The monoisotopic (exact) mass is 290 g/mol. The van der Waals surface area contributed by atoms with Crippen LogP contribution in [0, 0.1) is 6.92 Å². The van der Waals surface area contributed by atoms with Crippen LogP contribution in [0.1, 0.15) is 58.6 Å². The molecule has 0 amide bonds. The van der Waals surface area contributed by atoms with Crippen LogP contribution in [0.3, 0.4) is 0 Å². The van der Waals surface area contributed by atoms with Crippen molar-refractivity contribution in [2.45, 2.75) is 72.0 Å². The summed E-state index contributed by atoms with van der Waals surface area (Å²) in [6, 6.07) is 0. The van der Waals surface area contributed by atoms with Crippen molar-refractivity contribution in [3.05, 3.63) is 17.3 Å². The van der Waals surface area contributed by atoms with Gasteiger partial charge in [-0.3, -0.25) is 0 Å². The molecule has 1 saturated heterocycles. The summed E-state index contributed by atoms with van der Waals surface area (Å²) in [6.07, 6.45) is 5.06. The Hall–Kier alpha value is -1.07. The number of nitrogens with two attached hydrogens (primary N) is 1. The third kappa shape index (κ3) is 2.95. The van der Waals surface area contributed by atoms with Gasteiger partial charge < -0.3 is 15.0 Å². The molecular formula is C16H27BN2O2. The van der Waals surface area contributed by atoms with Crippen molar-refractivity contribution >= 4 is 18.4 Å². The Balaban J connectivity index is 2.39. The first-order valence-electron chi connectivity index (χ1n) is 7.79. The Bertz CT molecular complexity index is 513. The van der Waals surface area contributed by atoms with Crippen molar-refractivity contribution in [3.8, 4) is 0 Å². The van der Waals surface area contributed by atoms with Gasteiger partial charge in [0.2, 0.25) is 0 Å². The SMILES string of the molecule is CCCCc1c(B2OC(C)(C)C(C)(C)O2)cnc(N)c1C. The Morgan fingerprint density at radius 1 is 1.19 bits per heavy atom. The van der Waals surface area contributed by atoms with Crippen LogP contribution in [0.25, 0.3) is 0 Å². The molecule has 0 radical (unpaired) electrons. The maximum atomic E-state index is 6.16. The molecule has 4 nitrogen and oxygen atoms in total. The number of aromatic nitrogens is 1. The molecule has 1 fully saturated rings. The molecule has 21 heavy (non-hydrogen) atoms. The summed E-state index contributed by atoms with van der Waals surface area (Å²) in [6.45, 7) is 12.5. The largest absolute Gasteiger partial charge is 0.496 e. The highest BCUT2D eigenvalue weighted by Crippen LogP contribution is 2.37. The van der Waals surface area contributed by atoms with Gasteiger partial charge >= 0.3 is 7.12 Å². The van der Waals surface area contributed by atoms with Crippen LogP contribution in [-0.2, 0) is 15.7 Å². The summed E-state index contributed by atoms with van der Waals surface area (Å²) in [5.74, 6) is 0.598. The molecule has 2 rings (SSSR count). The second-order valence-corrected chi connectivity index (χ2v) is 6.89. The van der Waals surface area contributed by atoms with Gasteiger partial charge in [0.1, 0.15) is 5.82 Å². The van der Waals surface area contributed by atoms with Crippen LogP contribution in [0.4, 0.5) is 5.82 Å². The van der Waals surface area contributed by atoms with Crippen LogP contribution in [0.5, 0.6) is 0 Å². The number of hydrogen-bond acceptors (Lipinski definition) is 4. The van der Waals surface area contributed by atoms with E-state index in [2.05, 4.69) is 39.6 Å². The first-order valence-corrected chi connectivity index (χ1v) is 7.79. The van der Waals surface area contributed by atoms with Crippen molar-refractivity contribution in [2.24, 2.45) is 0 Å². The fourth-order valence-electron chi connectivity index (χ4n) is 2.54. The predicted molar refractivity (Wildman–Crippen MR) is 87.7 cm³/mol. The van der Waals surface area contributed by atoms with Crippen LogP contribution in [0.15, 0.2) is 6.20 Å². The average molecular weight is 290 g/mol. The van der Waals surface area contributed by atoms with E-state index >= 15 is 0 Å². The highest BCUT2D eigenvalue weighted by atomic mass is 16.7. The quantitative estimate of drug-likeness (QED) is 0.866. The second kappa shape index (κ2) is 5.62. The molecule has 1 aliphatic rings. The number of nitrogens with zero attached hydrogens (tertiary/aromatic N) is 1. The summed E-state index contributed by atoms with van der Waals surface area (Å²) < 4.78 is 12.3. The van der Waals surface area contributed by atoms with E-state index in [1.165, 1.54) is 5.56 Å². The highest BCUT2D eigenvalue weighted by Gasteiger charge is 2.52. The molecule has 0 aliphatic carbocycles. The minimum atomic E-state index is -0.367. The van der Waals surface area contributed by atoms with Crippen LogP contribution in [-0.4, -0.2) is 23.3 Å². The number of pyridine rings is 1. The third-order valence-corrected chi connectivity index (χ3v) is 4.82. The Morgan fingerprint density at radius 3 is 2.29 bits per heavy atom. The fourth-order valence-corrected chi connectivity index (χ4v) is 2.54. The number of hydrogen-bond donors (Lipinski definition) is 1. The molecule has 2 heterocycles. The minimum Gasteiger partial charge on any atom is -0.399 e. The van der Waals surface area contributed by atoms with Crippen LogP contribution < -0.4 is 11.2 Å². The lowest BCUT2D eigenvalue weighted by Gasteiger charge is -2.32. The van der Waals surface area contributed by atoms with Gasteiger partial charge in [0.25, 0.3) is 0 Å².